The Labute approximate surface area is 481 Å². The van der Waals surface area contributed by atoms with Crippen LogP contribution in [-0.2, 0) is 57.8 Å². The maximum absolute atomic E-state index is 3.06. The second-order valence-corrected chi connectivity index (χ2v) is 23.9. The first-order valence-corrected chi connectivity index (χ1v) is 30.5. The minimum absolute atomic E-state index is 0. The number of unbranched alkanes of at least 4 members (excludes halogenated alkanes) is 4. The van der Waals surface area contributed by atoms with Crippen molar-refractivity contribution in [2.24, 2.45) is 0 Å². The van der Waals surface area contributed by atoms with Crippen molar-refractivity contribution in [3.05, 3.63) is 194 Å². The summed E-state index contributed by atoms with van der Waals surface area (Å²) in [6.45, 7) is 34.9. The minimum atomic E-state index is 0. The molecule has 0 unspecified atom stereocenters. The van der Waals surface area contributed by atoms with Crippen LogP contribution in [0.25, 0.3) is 66.1 Å². The van der Waals surface area contributed by atoms with Crippen molar-refractivity contribution in [2.45, 2.75) is 170 Å². The van der Waals surface area contributed by atoms with Gasteiger partial charge in [0, 0.05) is 0 Å². The summed E-state index contributed by atoms with van der Waals surface area (Å²) in [5, 5.41) is 5.53. The van der Waals surface area contributed by atoms with Crippen LogP contribution in [0, 0.1) is 14.9 Å². The summed E-state index contributed by atoms with van der Waals surface area (Å²) in [5.74, 6) is 0. The zero-order valence-electron chi connectivity index (χ0n) is 48.3. The summed E-state index contributed by atoms with van der Waals surface area (Å²) in [6.07, 6.45) is 9.96. The van der Waals surface area contributed by atoms with E-state index < -0.39 is 0 Å². The van der Waals surface area contributed by atoms with Gasteiger partial charge in [0.1, 0.15) is 0 Å². The Hall–Kier alpha value is -3.78. The monoisotopic (exact) mass is 1120 g/mol. The zero-order chi connectivity index (χ0) is 51.0. The van der Waals surface area contributed by atoms with Gasteiger partial charge >= 0.3 is 30.2 Å². The number of hydrogen-bond acceptors (Lipinski definition) is 0. The average molecular weight is 1120 g/mol. The van der Waals surface area contributed by atoms with Gasteiger partial charge in [0.25, 0.3) is 0 Å². The van der Waals surface area contributed by atoms with Crippen LogP contribution < -0.4 is 0 Å². The number of rotatable bonds is 12. The van der Waals surface area contributed by atoms with Crippen LogP contribution in [0.5, 0.6) is 0 Å². The number of aryl methyl sites for hydroxylation is 2. The molecule has 2 radical (unpaired) electrons. The van der Waals surface area contributed by atoms with Crippen LogP contribution >= 0.6 is 24.8 Å². The molecule has 0 aliphatic rings. The Kier molecular flexibility index (Phi) is 25.6. The fourth-order valence-corrected chi connectivity index (χ4v) is 9.77. The van der Waals surface area contributed by atoms with Crippen LogP contribution in [0.2, 0.25) is 0 Å². The van der Waals surface area contributed by atoms with E-state index in [0.29, 0.717) is 0 Å². The number of benzene rings is 6. The van der Waals surface area contributed by atoms with E-state index in [-0.39, 0.29) is 61.3 Å². The van der Waals surface area contributed by atoms with Crippen LogP contribution in [0.4, 0.5) is 0 Å². The normalized spacial score (nSPS) is 11.5. The summed E-state index contributed by atoms with van der Waals surface area (Å²) in [4.78, 5) is 0. The third kappa shape index (κ3) is 16.6. The molecule has 0 saturated carbocycles. The Balaban J connectivity index is 0.000000466. The first-order chi connectivity index (χ1) is 33.1. The number of fused-ring (bicyclic) bond motifs is 2. The molecule has 396 valence electrons. The van der Waals surface area contributed by atoms with Crippen molar-refractivity contribution in [2.75, 3.05) is 0 Å². The van der Waals surface area contributed by atoms with E-state index in [9.17, 15) is 0 Å². The molecule has 0 atom stereocenters. The van der Waals surface area contributed by atoms with Crippen molar-refractivity contribution in [3.63, 3.8) is 0 Å². The summed E-state index contributed by atoms with van der Waals surface area (Å²) in [6, 6.07) is 55.9. The van der Waals surface area contributed by atoms with Crippen LogP contribution in [-0.4, -0.2) is 6.88 Å². The Morgan fingerprint density at radius 1 is 0.351 bits per heavy atom. The molecular formula is C70H90Cl2SiZr-4. The topological polar surface area (TPSA) is 0 Å². The fourth-order valence-electron chi connectivity index (χ4n) is 9.77. The van der Waals surface area contributed by atoms with Gasteiger partial charge in [0.05, 0.1) is 0 Å². The van der Waals surface area contributed by atoms with Gasteiger partial charge in [-0.3, -0.25) is 0 Å². The van der Waals surface area contributed by atoms with E-state index in [1.165, 1.54) is 161 Å². The molecule has 74 heavy (non-hydrogen) atoms. The van der Waals surface area contributed by atoms with Crippen molar-refractivity contribution in [1.82, 2.24) is 0 Å². The van der Waals surface area contributed by atoms with Gasteiger partial charge < -0.3 is 14.9 Å². The van der Waals surface area contributed by atoms with E-state index in [4.69, 9.17) is 0 Å². The molecule has 0 amide bonds. The van der Waals surface area contributed by atoms with Crippen LogP contribution in [0.3, 0.4) is 0 Å². The summed E-state index contributed by atoms with van der Waals surface area (Å²) in [5.41, 5.74) is 19.7. The third-order valence-electron chi connectivity index (χ3n) is 14.3. The van der Waals surface area contributed by atoms with E-state index in [2.05, 4.69) is 249 Å². The molecule has 4 heteroatoms. The van der Waals surface area contributed by atoms with Crippen molar-refractivity contribution < 1.29 is 23.3 Å². The van der Waals surface area contributed by atoms with Crippen molar-refractivity contribution in [1.29, 1.82) is 0 Å². The van der Waals surface area contributed by atoms with Crippen molar-refractivity contribution in [3.8, 4) is 44.5 Å². The summed E-state index contributed by atoms with van der Waals surface area (Å²) < 4.78 is 0. The number of hydrogen-bond donors (Lipinski definition) is 0. The molecule has 0 nitrogen and oxygen atoms in total. The first kappa shape index (κ1) is 66.3. The molecule has 0 aromatic heterocycles. The van der Waals surface area contributed by atoms with E-state index >= 15 is 0 Å². The Bertz CT molecular complexity index is 2530. The second kappa shape index (κ2) is 28.6. The van der Waals surface area contributed by atoms with Crippen molar-refractivity contribution >= 4 is 53.2 Å². The molecule has 0 spiro atoms. The van der Waals surface area contributed by atoms with E-state index in [1.807, 2.05) is 0 Å². The van der Waals surface area contributed by atoms with Gasteiger partial charge in [-0.05, 0) is 67.9 Å². The van der Waals surface area contributed by atoms with Crippen LogP contribution in [0.15, 0.2) is 146 Å². The van der Waals surface area contributed by atoms with Gasteiger partial charge in [0.2, 0.25) is 0 Å². The molecule has 0 N–H and O–H groups in total. The molecule has 8 rings (SSSR count). The van der Waals surface area contributed by atoms with Gasteiger partial charge in [-0.15, -0.1) is 69.6 Å². The van der Waals surface area contributed by atoms with Gasteiger partial charge in [-0.2, -0.15) is 12.1 Å². The predicted molar refractivity (Wildman–Crippen MR) is 335 cm³/mol. The second-order valence-electron chi connectivity index (χ2n) is 23.9. The van der Waals surface area contributed by atoms with Gasteiger partial charge in [0.15, 0.2) is 0 Å². The van der Waals surface area contributed by atoms with Gasteiger partial charge in [-0.25, -0.2) is 0 Å². The molecule has 0 aliphatic carbocycles. The van der Waals surface area contributed by atoms with Crippen LogP contribution in [0.1, 0.15) is 169 Å². The Morgan fingerprint density at radius 2 is 0.581 bits per heavy atom. The number of halogens is 2. The molecule has 0 saturated heterocycles. The van der Waals surface area contributed by atoms with Gasteiger partial charge in [-0.1, -0.05) is 290 Å². The molecular weight excluding hydrogens is 1030 g/mol. The standard InChI is InChI=1S/2C34H41.2CH3.2ClH.Si.Zr/c2*1-8-9-10-11-24-22-31-29(25-12-16-27(17-13-25)33(2,3)4)20-21-30(32(31)23-24)26-14-18-28(19-15-26)34(5,6)7;;;;;;/h2*12-23H,8-11H2,1-7H3;2*1H3;2*1H;;/q4*-1;;;;. The fraction of sp³-hybridized carbons (Fsp3) is 0.371. The zero-order valence-corrected chi connectivity index (χ0v) is 53.4. The predicted octanol–water partition coefficient (Wildman–Crippen LogP) is 21.8. The third-order valence-corrected chi connectivity index (χ3v) is 14.3. The summed E-state index contributed by atoms with van der Waals surface area (Å²) in [7, 11) is 0. The van der Waals surface area contributed by atoms with E-state index in [0.717, 1.165) is 12.8 Å². The quantitative estimate of drug-likeness (QED) is 0.0650. The SMILES string of the molecule is CCCCCc1cc2c(-c3ccc(C(C)(C)C)cc3)ccc(-c3ccc(C(C)(C)C)cc3)c2[cH-]1.CCCCCc1cc2c(-c3ccc(C(C)(C)C)cc3)ccc(-c3ccc(C(C)(C)C)cc3)c2[cH-]1.Cl.Cl.[CH3-].[CH3-].[Si]=[Zr]. The molecule has 0 aliphatic heterocycles. The molecule has 0 bridgehead atoms. The molecule has 0 heterocycles. The molecule has 0 fully saturated rings. The maximum atomic E-state index is 3.06. The Morgan fingerprint density at radius 3 is 0.811 bits per heavy atom. The average Bonchev–Trinajstić information content (AvgIpc) is 3.96. The first-order valence-electron chi connectivity index (χ1n) is 26.3. The summed E-state index contributed by atoms with van der Waals surface area (Å²) >= 11 is 1.36. The van der Waals surface area contributed by atoms with E-state index in [1.54, 1.807) is 0 Å². The molecule has 8 aromatic rings. The molecule has 8 aromatic carbocycles.